The fourth-order valence-corrected chi connectivity index (χ4v) is 3.34. The summed E-state index contributed by atoms with van der Waals surface area (Å²) >= 11 is 0. The average Bonchev–Trinajstić information content (AvgIpc) is 2.59. The number of anilines is 1. The van der Waals surface area contributed by atoms with Crippen LogP contribution in [0.3, 0.4) is 0 Å². The molecule has 0 aliphatic carbocycles. The van der Waals surface area contributed by atoms with E-state index in [-0.39, 0.29) is 6.04 Å². The molecule has 0 unspecified atom stereocenters. The quantitative estimate of drug-likeness (QED) is 0.911. The minimum atomic E-state index is -0.918. The van der Waals surface area contributed by atoms with Crippen LogP contribution in [0.1, 0.15) is 18.9 Å². The lowest BCUT2D eigenvalue weighted by atomic mass is 9.94. The Labute approximate surface area is 140 Å². The number of carbonyl (C=O) groups is 1. The summed E-state index contributed by atoms with van der Waals surface area (Å²) in [6, 6.07) is 5.70. The Morgan fingerprint density at radius 2 is 2.04 bits per heavy atom. The second kappa shape index (κ2) is 6.32. The van der Waals surface area contributed by atoms with Crippen molar-refractivity contribution in [2.75, 3.05) is 25.0 Å². The van der Waals surface area contributed by atoms with E-state index in [1.54, 1.807) is 25.5 Å². The minimum absolute atomic E-state index is 0.0754. The first-order chi connectivity index (χ1) is 11.5. The van der Waals surface area contributed by atoms with Crippen LogP contribution >= 0.6 is 0 Å². The zero-order valence-corrected chi connectivity index (χ0v) is 13.7. The molecule has 1 aliphatic rings. The molecular formula is C17H19N5O2. The zero-order chi connectivity index (χ0) is 17.3. The second-order valence-corrected chi connectivity index (χ2v) is 6.29. The van der Waals surface area contributed by atoms with Gasteiger partial charge in [-0.3, -0.25) is 9.97 Å². The van der Waals surface area contributed by atoms with Crippen molar-refractivity contribution in [3.63, 3.8) is 0 Å². The number of benzene rings is 1. The number of nitrogens with zero attached hydrogens (tertiary/aromatic N) is 5. The highest BCUT2D eigenvalue weighted by Crippen LogP contribution is 2.31. The van der Waals surface area contributed by atoms with Gasteiger partial charge in [-0.2, -0.15) is 5.26 Å². The molecule has 1 aromatic carbocycles. The van der Waals surface area contributed by atoms with E-state index in [4.69, 9.17) is 0 Å². The van der Waals surface area contributed by atoms with Crippen molar-refractivity contribution >= 4 is 22.8 Å². The van der Waals surface area contributed by atoms with E-state index in [1.165, 1.54) is 4.90 Å². The molecule has 2 aromatic rings. The summed E-state index contributed by atoms with van der Waals surface area (Å²) in [5.41, 5.74) is 2.65. The largest absolute Gasteiger partial charge is 0.465 e. The molecule has 2 atom stereocenters. The lowest BCUT2D eigenvalue weighted by Crippen LogP contribution is -2.51. The molecule has 7 heteroatoms. The highest BCUT2D eigenvalue weighted by atomic mass is 16.4. The number of nitriles is 1. The zero-order valence-electron chi connectivity index (χ0n) is 13.7. The Hall–Kier alpha value is -2.88. The molecule has 1 aliphatic heterocycles. The smallest absolute Gasteiger partial charge is 0.407 e. The molecule has 24 heavy (non-hydrogen) atoms. The Morgan fingerprint density at radius 3 is 2.71 bits per heavy atom. The van der Waals surface area contributed by atoms with Crippen molar-refractivity contribution in [2.45, 2.75) is 19.4 Å². The normalized spacial score (nSPS) is 20.6. The Balaban J connectivity index is 2.01. The van der Waals surface area contributed by atoms with Gasteiger partial charge in [0.05, 0.1) is 17.3 Å². The minimum Gasteiger partial charge on any atom is -0.465 e. The molecule has 2 heterocycles. The third-order valence-corrected chi connectivity index (χ3v) is 4.55. The highest BCUT2D eigenvalue weighted by molar-refractivity contribution is 5.92. The summed E-state index contributed by atoms with van der Waals surface area (Å²) in [4.78, 5) is 23.5. The van der Waals surface area contributed by atoms with Crippen molar-refractivity contribution in [3.8, 4) is 6.07 Å². The maximum absolute atomic E-state index is 11.3. The van der Waals surface area contributed by atoms with E-state index < -0.39 is 6.09 Å². The number of likely N-dealkylation sites (N-methyl/N-ethyl adjacent to an activating group) is 1. The maximum Gasteiger partial charge on any atom is 0.407 e. The number of carboxylic acid groups (broad SMARTS) is 1. The van der Waals surface area contributed by atoms with Crippen molar-refractivity contribution in [1.29, 1.82) is 5.26 Å². The summed E-state index contributed by atoms with van der Waals surface area (Å²) in [7, 11) is 1.61. The average molecular weight is 325 g/mol. The number of piperidine rings is 1. The highest BCUT2D eigenvalue weighted by Gasteiger charge is 2.30. The van der Waals surface area contributed by atoms with Gasteiger partial charge in [-0.25, -0.2) is 4.79 Å². The molecule has 1 N–H and O–H groups in total. The first kappa shape index (κ1) is 16.0. The number of fused-ring (bicyclic) bond motifs is 1. The van der Waals surface area contributed by atoms with Crippen molar-refractivity contribution in [1.82, 2.24) is 14.9 Å². The van der Waals surface area contributed by atoms with E-state index in [0.717, 1.165) is 18.7 Å². The number of hydrogen-bond donors (Lipinski definition) is 1. The molecule has 0 radical (unpaired) electrons. The van der Waals surface area contributed by atoms with E-state index in [2.05, 4.69) is 27.9 Å². The van der Waals surface area contributed by atoms with Gasteiger partial charge in [-0.15, -0.1) is 0 Å². The third kappa shape index (κ3) is 2.83. The predicted molar refractivity (Wildman–Crippen MR) is 89.8 cm³/mol. The summed E-state index contributed by atoms with van der Waals surface area (Å²) in [5, 5.41) is 18.5. The summed E-state index contributed by atoms with van der Waals surface area (Å²) in [6.07, 6.45) is 3.10. The SMILES string of the molecule is C[C@H]1C[C@@H](N(C)C(=O)O)CN(c2ccc(C#N)c3nccnc23)C1. The van der Waals surface area contributed by atoms with Crippen LogP contribution in [0.15, 0.2) is 24.5 Å². The van der Waals surface area contributed by atoms with Crippen molar-refractivity contribution in [3.05, 3.63) is 30.1 Å². The number of aromatic nitrogens is 2. The standard InChI is InChI=1S/C17H19N5O2/c1-11-7-13(21(2)17(23)24)10-22(9-11)14-4-3-12(8-18)15-16(14)20-6-5-19-15/h3-6,11,13H,7,9-10H2,1-2H3,(H,23,24)/t11-,13+/m0/s1. The molecule has 1 aromatic heterocycles. The van der Waals surface area contributed by atoms with E-state index in [0.29, 0.717) is 29.1 Å². The van der Waals surface area contributed by atoms with Gasteiger partial charge >= 0.3 is 6.09 Å². The lowest BCUT2D eigenvalue weighted by molar-refractivity contribution is 0.127. The molecule has 3 rings (SSSR count). The molecule has 124 valence electrons. The fraction of sp³-hybridized carbons (Fsp3) is 0.412. The van der Waals surface area contributed by atoms with E-state index >= 15 is 0 Å². The van der Waals surface area contributed by atoms with Gasteiger partial charge in [0, 0.05) is 32.5 Å². The topological polar surface area (TPSA) is 93.4 Å². The van der Waals surface area contributed by atoms with Gasteiger partial charge in [-0.05, 0) is 24.5 Å². The van der Waals surface area contributed by atoms with Crippen LogP contribution in [0.25, 0.3) is 11.0 Å². The van der Waals surface area contributed by atoms with Crippen LogP contribution in [-0.4, -0.2) is 52.2 Å². The van der Waals surface area contributed by atoms with Crippen LogP contribution in [-0.2, 0) is 0 Å². The Morgan fingerprint density at radius 1 is 1.33 bits per heavy atom. The van der Waals surface area contributed by atoms with Crippen LogP contribution in [0.4, 0.5) is 10.5 Å². The maximum atomic E-state index is 11.3. The molecule has 1 fully saturated rings. The molecule has 1 amide bonds. The van der Waals surface area contributed by atoms with Crippen LogP contribution < -0.4 is 4.90 Å². The Bertz CT molecular complexity index is 816. The molecule has 0 bridgehead atoms. The van der Waals surface area contributed by atoms with Gasteiger partial charge < -0.3 is 14.9 Å². The summed E-state index contributed by atoms with van der Waals surface area (Å²) in [6.45, 7) is 3.54. The lowest BCUT2D eigenvalue weighted by Gasteiger charge is -2.41. The van der Waals surface area contributed by atoms with Gasteiger partial charge in [0.15, 0.2) is 0 Å². The van der Waals surface area contributed by atoms with E-state index in [1.807, 2.05) is 6.07 Å². The van der Waals surface area contributed by atoms with Crippen LogP contribution in [0.2, 0.25) is 0 Å². The summed E-state index contributed by atoms with van der Waals surface area (Å²) < 4.78 is 0. The molecule has 0 saturated carbocycles. The number of amides is 1. The number of rotatable bonds is 2. The third-order valence-electron chi connectivity index (χ3n) is 4.55. The van der Waals surface area contributed by atoms with Gasteiger partial charge in [0.25, 0.3) is 0 Å². The second-order valence-electron chi connectivity index (χ2n) is 6.29. The van der Waals surface area contributed by atoms with Gasteiger partial charge in [0.2, 0.25) is 0 Å². The first-order valence-electron chi connectivity index (χ1n) is 7.85. The van der Waals surface area contributed by atoms with Gasteiger partial charge in [-0.1, -0.05) is 6.92 Å². The van der Waals surface area contributed by atoms with E-state index in [9.17, 15) is 15.2 Å². The van der Waals surface area contributed by atoms with Crippen molar-refractivity contribution in [2.24, 2.45) is 5.92 Å². The first-order valence-corrected chi connectivity index (χ1v) is 7.85. The summed E-state index contributed by atoms with van der Waals surface area (Å²) in [5.74, 6) is 0.355. The van der Waals surface area contributed by atoms with Crippen LogP contribution in [0, 0.1) is 17.2 Å². The number of hydrogen-bond acceptors (Lipinski definition) is 5. The Kier molecular flexibility index (Phi) is 4.21. The molecular weight excluding hydrogens is 306 g/mol. The molecule has 0 spiro atoms. The van der Waals surface area contributed by atoms with Crippen molar-refractivity contribution < 1.29 is 9.90 Å². The fourth-order valence-electron chi connectivity index (χ4n) is 3.34. The monoisotopic (exact) mass is 325 g/mol. The molecule has 1 saturated heterocycles. The van der Waals surface area contributed by atoms with Gasteiger partial charge in [0.1, 0.15) is 17.1 Å². The molecule has 7 nitrogen and oxygen atoms in total. The predicted octanol–water partition coefficient (Wildman–Crippen LogP) is 2.33. The van der Waals surface area contributed by atoms with Crippen LogP contribution in [0.5, 0.6) is 0 Å².